The van der Waals surface area contributed by atoms with E-state index in [1.54, 1.807) is 24.5 Å². The van der Waals surface area contributed by atoms with Crippen LogP contribution in [0.4, 0.5) is 8.78 Å². The van der Waals surface area contributed by atoms with Crippen LogP contribution in [0.15, 0.2) is 65.3 Å². The molecule has 6 heteroatoms. The van der Waals surface area contributed by atoms with E-state index in [0.29, 0.717) is 16.9 Å². The molecule has 0 saturated heterocycles. The summed E-state index contributed by atoms with van der Waals surface area (Å²) in [5.41, 5.74) is 4.88. The lowest BCUT2D eigenvalue weighted by molar-refractivity contribution is -0.0498. The predicted molar refractivity (Wildman–Crippen MR) is 117 cm³/mol. The van der Waals surface area contributed by atoms with E-state index < -0.39 is 6.61 Å². The summed E-state index contributed by atoms with van der Waals surface area (Å²) in [4.78, 5) is 8.67. The maximum atomic E-state index is 12.3. The SMILES string of the molecule is CC.CC.Cc1ccc(-c2ccnc3cc(-c4ccc(OC(F)F)cc4)oc23)cn1. The van der Waals surface area contributed by atoms with Gasteiger partial charge in [0.1, 0.15) is 17.0 Å². The van der Waals surface area contributed by atoms with Gasteiger partial charge in [-0.15, -0.1) is 0 Å². The number of hydrogen-bond donors (Lipinski definition) is 0. The molecular weight excluding hydrogens is 386 g/mol. The number of nitrogens with zero attached hydrogens (tertiary/aromatic N) is 2. The topological polar surface area (TPSA) is 48.2 Å². The van der Waals surface area contributed by atoms with Crippen LogP contribution in [0.5, 0.6) is 5.75 Å². The van der Waals surface area contributed by atoms with Gasteiger partial charge >= 0.3 is 6.61 Å². The largest absolute Gasteiger partial charge is 0.454 e. The van der Waals surface area contributed by atoms with Gasteiger partial charge in [0.2, 0.25) is 0 Å². The van der Waals surface area contributed by atoms with E-state index in [0.717, 1.165) is 22.4 Å². The average Bonchev–Trinajstić information content (AvgIpc) is 3.22. The number of aromatic nitrogens is 2. The Hall–Kier alpha value is -3.28. The summed E-state index contributed by atoms with van der Waals surface area (Å²) in [6.07, 6.45) is 3.51. The summed E-state index contributed by atoms with van der Waals surface area (Å²) in [5, 5.41) is 0. The van der Waals surface area contributed by atoms with Crippen LogP contribution in [0.1, 0.15) is 33.4 Å². The maximum Gasteiger partial charge on any atom is 0.387 e. The van der Waals surface area contributed by atoms with Gasteiger partial charge in [0, 0.05) is 40.8 Å². The number of hydrogen-bond acceptors (Lipinski definition) is 4. The first kappa shape index (κ1) is 23.0. The summed E-state index contributed by atoms with van der Waals surface area (Å²) in [7, 11) is 0. The fourth-order valence-electron chi connectivity index (χ4n) is 2.74. The van der Waals surface area contributed by atoms with Crippen LogP contribution >= 0.6 is 0 Å². The lowest BCUT2D eigenvalue weighted by Gasteiger charge is -2.04. The van der Waals surface area contributed by atoms with Crippen LogP contribution in [0.2, 0.25) is 0 Å². The number of halogens is 2. The van der Waals surface area contributed by atoms with Gasteiger partial charge < -0.3 is 9.15 Å². The third kappa shape index (κ3) is 5.41. The number of pyridine rings is 2. The standard InChI is InChI=1S/C20H14F2N2O2.2C2H6/c1-12-2-3-14(11-24-12)16-8-9-23-17-10-18(26-19(16)17)13-4-6-15(7-5-13)25-20(21)22;2*1-2/h2-11,20H,1H3;2*1-2H3. The van der Waals surface area contributed by atoms with Gasteiger partial charge in [0.15, 0.2) is 5.58 Å². The van der Waals surface area contributed by atoms with Crippen molar-refractivity contribution in [1.82, 2.24) is 9.97 Å². The second-order valence-electron chi connectivity index (χ2n) is 5.77. The zero-order chi connectivity index (χ0) is 22.1. The number of fused-ring (bicyclic) bond motifs is 1. The van der Waals surface area contributed by atoms with Crippen molar-refractivity contribution in [1.29, 1.82) is 0 Å². The third-order valence-corrected chi connectivity index (χ3v) is 4.00. The molecule has 0 aliphatic heterocycles. The van der Waals surface area contributed by atoms with Crippen LogP contribution in [-0.4, -0.2) is 16.6 Å². The van der Waals surface area contributed by atoms with Crippen molar-refractivity contribution < 1.29 is 17.9 Å². The summed E-state index contributed by atoms with van der Waals surface area (Å²) < 4.78 is 34.9. The van der Waals surface area contributed by atoms with Crippen molar-refractivity contribution in [2.45, 2.75) is 41.2 Å². The van der Waals surface area contributed by atoms with Gasteiger partial charge in [-0.05, 0) is 43.3 Å². The Balaban J connectivity index is 0.000000757. The second-order valence-corrected chi connectivity index (χ2v) is 5.77. The summed E-state index contributed by atoms with van der Waals surface area (Å²) in [6, 6.07) is 13.9. The van der Waals surface area contributed by atoms with E-state index in [9.17, 15) is 8.78 Å². The maximum absolute atomic E-state index is 12.3. The molecule has 4 rings (SSSR count). The first-order valence-corrected chi connectivity index (χ1v) is 9.97. The fraction of sp³-hybridized carbons (Fsp3) is 0.250. The Labute approximate surface area is 175 Å². The minimum absolute atomic E-state index is 0.101. The van der Waals surface area contributed by atoms with Gasteiger partial charge in [-0.1, -0.05) is 33.8 Å². The van der Waals surface area contributed by atoms with E-state index >= 15 is 0 Å². The zero-order valence-electron chi connectivity index (χ0n) is 17.8. The van der Waals surface area contributed by atoms with Gasteiger partial charge in [-0.25, -0.2) is 0 Å². The van der Waals surface area contributed by atoms with Crippen molar-refractivity contribution >= 4 is 11.1 Å². The minimum Gasteiger partial charge on any atom is -0.454 e. The Morgan fingerprint density at radius 3 is 2.13 bits per heavy atom. The smallest absolute Gasteiger partial charge is 0.387 e. The molecule has 30 heavy (non-hydrogen) atoms. The lowest BCUT2D eigenvalue weighted by atomic mass is 10.1. The van der Waals surface area contributed by atoms with E-state index in [-0.39, 0.29) is 5.75 Å². The molecule has 0 aliphatic rings. The summed E-state index contributed by atoms with van der Waals surface area (Å²) in [5.74, 6) is 0.702. The molecule has 0 aliphatic carbocycles. The second kappa shape index (κ2) is 11.0. The monoisotopic (exact) mass is 412 g/mol. The molecule has 3 heterocycles. The van der Waals surface area contributed by atoms with Gasteiger partial charge in [-0.3, -0.25) is 9.97 Å². The normalized spacial score (nSPS) is 10.1. The molecule has 4 aromatic rings. The Morgan fingerprint density at radius 2 is 1.53 bits per heavy atom. The Kier molecular flexibility index (Phi) is 8.47. The molecule has 0 unspecified atom stereocenters. The van der Waals surface area contributed by atoms with E-state index in [2.05, 4.69) is 14.7 Å². The highest BCUT2D eigenvalue weighted by Crippen LogP contribution is 2.34. The molecule has 0 fully saturated rings. The number of aryl methyl sites for hydroxylation is 1. The number of alkyl halides is 2. The number of rotatable bonds is 4. The Morgan fingerprint density at radius 1 is 0.867 bits per heavy atom. The summed E-state index contributed by atoms with van der Waals surface area (Å²) >= 11 is 0. The quantitative estimate of drug-likeness (QED) is 0.348. The van der Waals surface area contributed by atoms with Gasteiger partial charge in [-0.2, -0.15) is 8.78 Å². The van der Waals surface area contributed by atoms with Crippen LogP contribution in [0.3, 0.4) is 0 Å². The van der Waals surface area contributed by atoms with Crippen molar-refractivity contribution in [2.75, 3.05) is 0 Å². The number of ether oxygens (including phenoxy) is 1. The number of benzene rings is 1. The molecule has 0 atom stereocenters. The van der Waals surface area contributed by atoms with Crippen LogP contribution in [0.25, 0.3) is 33.6 Å². The molecule has 0 amide bonds. The molecule has 0 N–H and O–H groups in total. The molecule has 0 bridgehead atoms. The molecule has 158 valence electrons. The predicted octanol–water partition coefficient (Wildman–Crippen LogP) is 7.52. The molecule has 3 aromatic heterocycles. The van der Waals surface area contributed by atoms with E-state index in [1.807, 2.05) is 58.9 Å². The Bertz CT molecular complexity index is 1040. The number of furan rings is 1. The zero-order valence-corrected chi connectivity index (χ0v) is 17.8. The molecular formula is C24H26F2N2O2. The minimum atomic E-state index is -2.85. The first-order chi connectivity index (χ1) is 14.6. The first-order valence-electron chi connectivity index (χ1n) is 9.97. The van der Waals surface area contributed by atoms with Gasteiger partial charge in [0.05, 0.1) is 0 Å². The molecule has 0 spiro atoms. The molecule has 0 saturated carbocycles. The summed E-state index contributed by atoms with van der Waals surface area (Å²) in [6.45, 7) is 7.08. The van der Waals surface area contributed by atoms with Crippen LogP contribution < -0.4 is 4.74 Å². The fourth-order valence-corrected chi connectivity index (χ4v) is 2.74. The molecule has 4 nitrogen and oxygen atoms in total. The molecule has 0 radical (unpaired) electrons. The van der Waals surface area contributed by atoms with Crippen molar-refractivity contribution in [3.63, 3.8) is 0 Å². The van der Waals surface area contributed by atoms with E-state index in [1.165, 1.54) is 12.1 Å². The lowest BCUT2D eigenvalue weighted by Crippen LogP contribution is -2.01. The van der Waals surface area contributed by atoms with Crippen LogP contribution in [-0.2, 0) is 0 Å². The van der Waals surface area contributed by atoms with Crippen molar-refractivity contribution in [3.8, 4) is 28.2 Å². The van der Waals surface area contributed by atoms with E-state index in [4.69, 9.17) is 4.42 Å². The highest BCUT2D eigenvalue weighted by molar-refractivity contribution is 5.92. The molecule has 1 aromatic carbocycles. The highest BCUT2D eigenvalue weighted by Gasteiger charge is 2.13. The highest BCUT2D eigenvalue weighted by atomic mass is 19.3. The van der Waals surface area contributed by atoms with Gasteiger partial charge in [0.25, 0.3) is 0 Å². The third-order valence-electron chi connectivity index (χ3n) is 4.00. The average molecular weight is 412 g/mol. The van der Waals surface area contributed by atoms with Crippen molar-refractivity contribution in [3.05, 3.63) is 66.6 Å². The van der Waals surface area contributed by atoms with Crippen molar-refractivity contribution in [2.24, 2.45) is 0 Å². The van der Waals surface area contributed by atoms with Crippen LogP contribution in [0, 0.1) is 6.92 Å².